The van der Waals surface area contributed by atoms with Crippen LogP contribution < -0.4 is 10.2 Å². The molecule has 0 atom stereocenters. The lowest BCUT2D eigenvalue weighted by molar-refractivity contribution is 0.0697. The molecule has 5 heteroatoms. The Morgan fingerprint density at radius 2 is 2.04 bits per heavy atom. The van der Waals surface area contributed by atoms with E-state index in [1.54, 1.807) is 18.2 Å². The second-order valence-corrected chi connectivity index (χ2v) is 5.95. The summed E-state index contributed by atoms with van der Waals surface area (Å²) in [4.78, 5) is 17.6. The van der Waals surface area contributed by atoms with Crippen molar-refractivity contribution in [2.75, 3.05) is 23.3 Å². The van der Waals surface area contributed by atoms with E-state index in [2.05, 4.69) is 27.3 Å². The zero-order chi connectivity index (χ0) is 16.2. The van der Waals surface area contributed by atoms with Gasteiger partial charge in [-0.2, -0.15) is 0 Å². The van der Waals surface area contributed by atoms with E-state index in [0.717, 1.165) is 37.3 Å². The molecule has 0 unspecified atom stereocenters. The number of hydrogen-bond donors (Lipinski definition) is 2. The highest BCUT2D eigenvalue weighted by Gasteiger charge is 2.19. The van der Waals surface area contributed by atoms with Gasteiger partial charge in [0.05, 0.1) is 5.56 Å². The van der Waals surface area contributed by atoms with Crippen LogP contribution in [0.2, 0.25) is 0 Å². The number of carbonyl (C=O) groups is 1. The number of carboxylic acid groups (broad SMARTS) is 1. The number of pyridine rings is 1. The molecule has 3 rings (SSSR count). The minimum atomic E-state index is -0.892. The number of anilines is 2. The van der Waals surface area contributed by atoms with Gasteiger partial charge in [-0.05, 0) is 50.1 Å². The molecular formula is C18H21N3O2. The SMILES string of the molecule is Cc1cc(N2CCC(Nc3cccc(C(=O)O)c3)CC2)ccn1. The van der Waals surface area contributed by atoms with Crippen LogP contribution >= 0.6 is 0 Å². The first-order valence-electron chi connectivity index (χ1n) is 7.89. The molecule has 0 radical (unpaired) electrons. The second-order valence-electron chi connectivity index (χ2n) is 5.95. The summed E-state index contributed by atoms with van der Waals surface area (Å²) in [5.74, 6) is -0.892. The largest absolute Gasteiger partial charge is 0.478 e. The molecule has 2 aromatic rings. The Labute approximate surface area is 136 Å². The molecule has 0 aliphatic carbocycles. The van der Waals surface area contributed by atoms with Gasteiger partial charge in [0.1, 0.15) is 0 Å². The predicted molar refractivity (Wildman–Crippen MR) is 91.2 cm³/mol. The van der Waals surface area contributed by atoms with Gasteiger partial charge in [0.25, 0.3) is 0 Å². The van der Waals surface area contributed by atoms with Gasteiger partial charge in [-0.3, -0.25) is 4.98 Å². The van der Waals surface area contributed by atoms with E-state index in [9.17, 15) is 4.79 Å². The number of carboxylic acids is 1. The van der Waals surface area contributed by atoms with Crippen LogP contribution in [-0.2, 0) is 0 Å². The quantitative estimate of drug-likeness (QED) is 0.908. The topological polar surface area (TPSA) is 65.5 Å². The molecule has 0 bridgehead atoms. The van der Waals surface area contributed by atoms with Gasteiger partial charge in [-0.25, -0.2) is 4.79 Å². The number of aryl methyl sites for hydroxylation is 1. The molecule has 0 amide bonds. The van der Waals surface area contributed by atoms with E-state index in [0.29, 0.717) is 11.6 Å². The molecule has 1 fully saturated rings. The normalized spacial score (nSPS) is 15.4. The minimum Gasteiger partial charge on any atom is -0.478 e. The highest BCUT2D eigenvalue weighted by atomic mass is 16.4. The highest BCUT2D eigenvalue weighted by molar-refractivity contribution is 5.88. The zero-order valence-corrected chi connectivity index (χ0v) is 13.2. The van der Waals surface area contributed by atoms with Crippen LogP contribution in [0.5, 0.6) is 0 Å². The molecule has 120 valence electrons. The van der Waals surface area contributed by atoms with Gasteiger partial charge in [0.2, 0.25) is 0 Å². The summed E-state index contributed by atoms with van der Waals surface area (Å²) in [6, 6.07) is 11.5. The van der Waals surface area contributed by atoms with Crippen LogP contribution in [0.1, 0.15) is 28.9 Å². The maximum Gasteiger partial charge on any atom is 0.335 e. The fraction of sp³-hybridized carbons (Fsp3) is 0.333. The first-order chi connectivity index (χ1) is 11.1. The van der Waals surface area contributed by atoms with Crippen LogP contribution in [0.4, 0.5) is 11.4 Å². The number of piperidine rings is 1. The molecule has 5 nitrogen and oxygen atoms in total. The van der Waals surface area contributed by atoms with Crippen molar-refractivity contribution in [1.29, 1.82) is 0 Å². The van der Waals surface area contributed by atoms with Crippen molar-refractivity contribution in [2.45, 2.75) is 25.8 Å². The van der Waals surface area contributed by atoms with E-state index in [1.165, 1.54) is 5.69 Å². The van der Waals surface area contributed by atoms with Crippen molar-refractivity contribution >= 4 is 17.3 Å². The zero-order valence-electron chi connectivity index (χ0n) is 13.2. The van der Waals surface area contributed by atoms with Crippen molar-refractivity contribution in [3.05, 3.63) is 53.9 Å². The summed E-state index contributed by atoms with van der Waals surface area (Å²) in [7, 11) is 0. The fourth-order valence-electron chi connectivity index (χ4n) is 2.99. The van der Waals surface area contributed by atoms with Crippen LogP contribution in [0.25, 0.3) is 0 Å². The van der Waals surface area contributed by atoms with Gasteiger partial charge in [0, 0.05) is 42.4 Å². The third kappa shape index (κ3) is 3.80. The third-order valence-corrected chi connectivity index (χ3v) is 4.22. The lowest BCUT2D eigenvalue weighted by atomic mass is 10.0. The van der Waals surface area contributed by atoms with E-state index >= 15 is 0 Å². The second kappa shape index (κ2) is 6.69. The van der Waals surface area contributed by atoms with Crippen LogP contribution in [0.3, 0.4) is 0 Å². The average molecular weight is 311 g/mol. The Kier molecular flexibility index (Phi) is 4.46. The summed E-state index contributed by atoms with van der Waals surface area (Å²) >= 11 is 0. The number of benzene rings is 1. The first kappa shape index (κ1) is 15.3. The maximum absolute atomic E-state index is 11.0. The summed E-state index contributed by atoms with van der Waals surface area (Å²) in [5, 5.41) is 12.5. The van der Waals surface area contributed by atoms with Crippen LogP contribution in [0, 0.1) is 6.92 Å². The number of rotatable bonds is 4. The number of nitrogens with one attached hydrogen (secondary N) is 1. The molecule has 2 N–H and O–H groups in total. The smallest absolute Gasteiger partial charge is 0.335 e. The Morgan fingerprint density at radius 1 is 1.26 bits per heavy atom. The molecule has 1 aliphatic heterocycles. The number of aromatic carboxylic acids is 1. The van der Waals surface area contributed by atoms with Crippen LogP contribution in [0.15, 0.2) is 42.6 Å². The Hall–Kier alpha value is -2.56. The first-order valence-corrected chi connectivity index (χ1v) is 7.89. The van der Waals surface area contributed by atoms with E-state index in [4.69, 9.17) is 5.11 Å². The number of hydrogen-bond acceptors (Lipinski definition) is 4. The van der Waals surface area contributed by atoms with Crippen molar-refractivity contribution in [2.24, 2.45) is 0 Å². The molecule has 23 heavy (non-hydrogen) atoms. The summed E-state index contributed by atoms with van der Waals surface area (Å²) in [6.07, 6.45) is 3.91. The average Bonchev–Trinajstić information content (AvgIpc) is 2.56. The van der Waals surface area contributed by atoms with Gasteiger partial charge in [-0.1, -0.05) is 6.07 Å². The third-order valence-electron chi connectivity index (χ3n) is 4.22. The van der Waals surface area contributed by atoms with Gasteiger partial charge in [0.15, 0.2) is 0 Å². The molecule has 1 aromatic heterocycles. The molecule has 1 aliphatic rings. The van der Waals surface area contributed by atoms with Gasteiger partial charge < -0.3 is 15.3 Å². The molecule has 1 aromatic carbocycles. The summed E-state index contributed by atoms with van der Waals surface area (Å²) in [6.45, 7) is 3.98. The number of nitrogens with zero attached hydrogens (tertiary/aromatic N) is 2. The molecule has 0 saturated carbocycles. The van der Waals surface area contributed by atoms with E-state index in [-0.39, 0.29) is 0 Å². The Bertz CT molecular complexity index is 694. The molecule has 0 spiro atoms. The Morgan fingerprint density at radius 3 is 2.74 bits per heavy atom. The number of aromatic nitrogens is 1. The van der Waals surface area contributed by atoms with Crippen molar-refractivity contribution in [3.63, 3.8) is 0 Å². The minimum absolute atomic E-state index is 0.319. The lowest BCUT2D eigenvalue weighted by Crippen LogP contribution is -2.39. The van der Waals surface area contributed by atoms with Crippen molar-refractivity contribution in [3.8, 4) is 0 Å². The highest BCUT2D eigenvalue weighted by Crippen LogP contribution is 2.22. The van der Waals surface area contributed by atoms with E-state index in [1.807, 2.05) is 19.2 Å². The maximum atomic E-state index is 11.0. The fourth-order valence-corrected chi connectivity index (χ4v) is 2.99. The molecule has 1 saturated heterocycles. The molecular weight excluding hydrogens is 290 g/mol. The lowest BCUT2D eigenvalue weighted by Gasteiger charge is -2.34. The van der Waals surface area contributed by atoms with Crippen molar-refractivity contribution < 1.29 is 9.90 Å². The monoisotopic (exact) mass is 311 g/mol. The van der Waals surface area contributed by atoms with Gasteiger partial charge >= 0.3 is 5.97 Å². The van der Waals surface area contributed by atoms with E-state index < -0.39 is 5.97 Å². The summed E-state index contributed by atoms with van der Waals surface area (Å²) in [5.41, 5.74) is 3.46. The molecule has 2 heterocycles. The Balaban J connectivity index is 1.59. The standard InChI is InChI=1S/C18H21N3O2/c1-13-11-17(5-8-19-13)21-9-6-15(7-10-21)20-16-4-2-3-14(12-16)18(22)23/h2-5,8,11-12,15,20H,6-7,9-10H2,1H3,(H,22,23). The van der Waals surface area contributed by atoms with Gasteiger partial charge in [-0.15, -0.1) is 0 Å². The van der Waals surface area contributed by atoms with Crippen LogP contribution in [-0.4, -0.2) is 35.2 Å². The predicted octanol–water partition coefficient (Wildman–Crippen LogP) is 3.17. The summed E-state index contributed by atoms with van der Waals surface area (Å²) < 4.78 is 0. The van der Waals surface area contributed by atoms with Crippen molar-refractivity contribution in [1.82, 2.24) is 4.98 Å².